The van der Waals surface area contributed by atoms with Gasteiger partial charge in [-0.3, -0.25) is 4.79 Å². The maximum atomic E-state index is 12.9. The van der Waals surface area contributed by atoms with Gasteiger partial charge in [0.2, 0.25) is 0 Å². The van der Waals surface area contributed by atoms with E-state index < -0.39 is 0 Å². The van der Waals surface area contributed by atoms with Crippen LogP contribution in [0.5, 0.6) is 0 Å². The first-order chi connectivity index (χ1) is 11.0. The van der Waals surface area contributed by atoms with Gasteiger partial charge in [0.25, 0.3) is 0 Å². The quantitative estimate of drug-likeness (QED) is 0.599. The average molecular weight is 330 g/mol. The van der Waals surface area contributed by atoms with Crippen molar-refractivity contribution in [3.05, 3.63) is 58.5 Å². The van der Waals surface area contributed by atoms with E-state index in [1.54, 1.807) is 13.2 Å². The number of carbonyl (C=O) groups is 1. The van der Waals surface area contributed by atoms with Gasteiger partial charge < -0.3 is 4.74 Å². The number of Topliss-reactive ketones (excluding diaryl/α,β-unsaturated/α-hetero) is 1. The van der Waals surface area contributed by atoms with Crippen molar-refractivity contribution in [2.24, 2.45) is 0 Å². The molecule has 0 N–H and O–H groups in total. The number of ketones is 1. The molecule has 0 radical (unpaired) electrons. The van der Waals surface area contributed by atoms with Crippen molar-refractivity contribution >= 4 is 17.5 Å². The Kier molecular flexibility index (Phi) is 5.85. The zero-order chi connectivity index (χ0) is 16.8. The van der Waals surface area contributed by atoms with E-state index in [2.05, 4.69) is 11.1 Å². The summed E-state index contributed by atoms with van der Waals surface area (Å²) in [6.45, 7) is 2.14. The van der Waals surface area contributed by atoms with Crippen LogP contribution in [0.15, 0.2) is 35.4 Å². The van der Waals surface area contributed by atoms with Crippen molar-refractivity contribution in [3.63, 3.8) is 0 Å². The van der Waals surface area contributed by atoms with Gasteiger partial charge in [0.05, 0.1) is 17.9 Å². The summed E-state index contributed by atoms with van der Waals surface area (Å²) < 4.78 is 18.0. The van der Waals surface area contributed by atoms with E-state index in [0.29, 0.717) is 22.8 Å². The second-order valence-corrected chi connectivity index (χ2v) is 5.83. The van der Waals surface area contributed by atoms with Crippen molar-refractivity contribution in [2.45, 2.75) is 18.6 Å². The Morgan fingerprint density at radius 2 is 2.09 bits per heavy atom. The number of hydrogen-bond acceptors (Lipinski definition) is 5. The summed E-state index contributed by atoms with van der Waals surface area (Å²) in [5, 5.41) is 9.85. The number of aryl methyl sites for hydroxylation is 1. The molecule has 0 saturated heterocycles. The molecular weight excluding hydrogens is 315 g/mol. The van der Waals surface area contributed by atoms with Crippen LogP contribution in [0.25, 0.3) is 0 Å². The van der Waals surface area contributed by atoms with Crippen molar-refractivity contribution in [3.8, 4) is 6.07 Å². The Labute approximate surface area is 138 Å². The van der Waals surface area contributed by atoms with E-state index in [-0.39, 0.29) is 17.4 Å². The van der Waals surface area contributed by atoms with Crippen LogP contribution in [0.1, 0.15) is 27.2 Å². The Morgan fingerprint density at radius 1 is 1.39 bits per heavy atom. The first-order valence-corrected chi connectivity index (χ1v) is 7.85. The number of hydrogen-bond donors (Lipinski definition) is 0. The summed E-state index contributed by atoms with van der Waals surface area (Å²) >= 11 is 1.20. The molecule has 0 spiro atoms. The first kappa shape index (κ1) is 17.1. The van der Waals surface area contributed by atoms with Gasteiger partial charge in [-0.15, -0.1) is 0 Å². The molecular formula is C17H15FN2O2S. The third-order valence-corrected chi connectivity index (χ3v) is 4.09. The summed E-state index contributed by atoms with van der Waals surface area (Å²) in [7, 11) is 1.56. The molecule has 0 aliphatic rings. The van der Waals surface area contributed by atoms with Crippen molar-refractivity contribution in [1.29, 1.82) is 5.26 Å². The monoisotopic (exact) mass is 330 g/mol. The fraction of sp³-hybridized carbons (Fsp3) is 0.235. The molecule has 0 unspecified atom stereocenters. The average Bonchev–Trinajstić information content (AvgIpc) is 2.53. The molecule has 1 aromatic heterocycles. The zero-order valence-electron chi connectivity index (χ0n) is 12.8. The SMILES string of the molecule is COCc1cc(C)nc(SCC(=O)c2ccc(F)cc2)c1C#N. The molecule has 0 aliphatic carbocycles. The van der Waals surface area contributed by atoms with Crippen LogP contribution in [0.3, 0.4) is 0 Å². The largest absolute Gasteiger partial charge is 0.380 e. The Hall–Kier alpha value is -2.23. The maximum Gasteiger partial charge on any atom is 0.173 e. The van der Waals surface area contributed by atoms with Gasteiger partial charge >= 0.3 is 0 Å². The van der Waals surface area contributed by atoms with Gasteiger partial charge in [-0.25, -0.2) is 9.37 Å². The third kappa shape index (κ3) is 4.38. The first-order valence-electron chi connectivity index (χ1n) is 6.86. The second-order valence-electron chi connectivity index (χ2n) is 4.87. The third-order valence-electron chi connectivity index (χ3n) is 3.11. The van der Waals surface area contributed by atoms with E-state index in [4.69, 9.17) is 4.74 Å². The number of halogens is 1. The molecule has 0 bridgehead atoms. The van der Waals surface area contributed by atoms with Crippen LogP contribution in [0, 0.1) is 24.1 Å². The van der Waals surface area contributed by atoms with Gasteiger partial charge in [-0.05, 0) is 42.8 Å². The van der Waals surface area contributed by atoms with Crippen LogP contribution in [-0.2, 0) is 11.3 Å². The molecule has 0 aliphatic heterocycles. The molecule has 0 saturated carbocycles. The minimum absolute atomic E-state index is 0.128. The summed E-state index contributed by atoms with van der Waals surface area (Å²) in [4.78, 5) is 16.5. The number of aromatic nitrogens is 1. The summed E-state index contributed by atoms with van der Waals surface area (Å²) in [5.41, 5.74) is 2.36. The van der Waals surface area contributed by atoms with E-state index in [1.807, 2.05) is 6.92 Å². The van der Waals surface area contributed by atoms with Gasteiger partial charge in [-0.2, -0.15) is 5.26 Å². The van der Waals surface area contributed by atoms with Gasteiger partial charge in [0.15, 0.2) is 5.78 Å². The summed E-state index contributed by atoms with van der Waals surface area (Å²) in [6, 6.07) is 9.32. The number of nitriles is 1. The van der Waals surface area contributed by atoms with Crippen molar-refractivity contribution < 1.29 is 13.9 Å². The number of nitrogens with zero attached hydrogens (tertiary/aromatic N) is 2. The van der Waals surface area contributed by atoms with Crippen LogP contribution in [-0.4, -0.2) is 23.6 Å². The number of ether oxygens (including phenoxy) is 1. The number of benzene rings is 1. The zero-order valence-corrected chi connectivity index (χ0v) is 13.6. The predicted octanol–water partition coefficient (Wildman–Crippen LogP) is 3.52. The molecule has 0 amide bonds. The minimum atomic E-state index is -0.384. The molecule has 0 atom stereocenters. The lowest BCUT2D eigenvalue weighted by molar-refractivity contribution is 0.102. The van der Waals surface area contributed by atoms with Gasteiger partial charge in [-0.1, -0.05) is 11.8 Å². The Bertz CT molecular complexity index is 754. The molecule has 0 fully saturated rings. The predicted molar refractivity (Wildman–Crippen MR) is 85.9 cm³/mol. The molecule has 4 nitrogen and oxygen atoms in total. The molecule has 2 aromatic rings. The lowest BCUT2D eigenvalue weighted by atomic mass is 10.1. The van der Waals surface area contributed by atoms with Crippen LogP contribution in [0.4, 0.5) is 4.39 Å². The molecule has 118 valence electrons. The number of rotatable bonds is 6. The second kappa shape index (κ2) is 7.86. The highest BCUT2D eigenvalue weighted by Crippen LogP contribution is 2.25. The van der Waals surface area contributed by atoms with Gasteiger partial charge in [0, 0.05) is 18.4 Å². The summed E-state index contributed by atoms with van der Waals surface area (Å²) in [5.74, 6) is -0.399. The van der Waals surface area contributed by atoms with Gasteiger partial charge in [0.1, 0.15) is 16.9 Å². The van der Waals surface area contributed by atoms with Crippen LogP contribution < -0.4 is 0 Å². The minimum Gasteiger partial charge on any atom is -0.380 e. The van der Waals surface area contributed by atoms with E-state index in [0.717, 1.165) is 11.3 Å². The number of pyridine rings is 1. The molecule has 1 heterocycles. The smallest absolute Gasteiger partial charge is 0.173 e. The highest BCUT2D eigenvalue weighted by atomic mass is 32.2. The van der Waals surface area contributed by atoms with Crippen LogP contribution in [0.2, 0.25) is 0 Å². The molecule has 1 aromatic carbocycles. The lowest BCUT2D eigenvalue weighted by Gasteiger charge is -2.09. The number of carbonyl (C=O) groups excluding carboxylic acids is 1. The maximum absolute atomic E-state index is 12.9. The fourth-order valence-corrected chi connectivity index (χ4v) is 3.02. The standard InChI is InChI=1S/C17H15FN2O2S/c1-11-7-13(9-22-2)15(8-19)17(20-11)23-10-16(21)12-3-5-14(18)6-4-12/h3-7H,9-10H2,1-2H3. The normalized spacial score (nSPS) is 10.3. The molecule has 2 rings (SSSR count). The highest BCUT2D eigenvalue weighted by Gasteiger charge is 2.14. The number of thioether (sulfide) groups is 1. The van der Waals surface area contributed by atoms with Crippen molar-refractivity contribution in [2.75, 3.05) is 12.9 Å². The fourth-order valence-electron chi connectivity index (χ4n) is 2.06. The van der Waals surface area contributed by atoms with Crippen molar-refractivity contribution in [1.82, 2.24) is 4.98 Å². The van der Waals surface area contributed by atoms with E-state index in [1.165, 1.54) is 36.0 Å². The Morgan fingerprint density at radius 3 is 2.70 bits per heavy atom. The van der Waals surface area contributed by atoms with E-state index >= 15 is 0 Å². The molecule has 23 heavy (non-hydrogen) atoms. The summed E-state index contributed by atoms with van der Waals surface area (Å²) in [6.07, 6.45) is 0. The molecule has 6 heteroatoms. The number of methoxy groups -OCH3 is 1. The topological polar surface area (TPSA) is 63.0 Å². The Balaban J connectivity index is 2.18. The highest BCUT2D eigenvalue weighted by molar-refractivity contribution is 8.00. The van der Waals surface area contributed by atoms with E-state index in [9.17, 15) is 14.4 Å². The lowest BCUT2D eigenvalue weighted by Crippen LogP contribution is -2.05. The van der Waals surface area contributed by atoms with Crippen LogP contribution >= 0.6 is 11.8 Å².